The highest BCUT2D eigenvalue weighted by Gasteiger charge is 2.34. The van der Waals surface area contributed by atoms with Crippen molar-refractivity contribution < 1.29 is 18.1 Å². The topological polar surface area (TPSA) is 111 Å². The van der Waals surface area contributed by atoms with Crippen molar-refractivity contribution >= 4 is 28.1 Å². The van der Waals surface area contributed by atoms with Gasteiger partial charge >= 0.3 is 0 Å². The second kappa shape index (κ2) is 8.72. The average Bonchev–Trinajstić information content (AvgIpc) is 2.95. The van der Waals surface area contributed by atoms with Crippen LogP contribution in [0.4, 0.5) is 5.69 Å². The van der Waals surface area contributed by atoms with Gasteiger partial charge in [0.25, 0.3) is 5.69 Å². The number of methoxy groups -OCH3 is 1. The maximum absolute atomic E-state index is 12.2. The van der Waals surface area contributed by atoms with Gasteiger partial charge in [0.15, 0.2) is 0 Å². The summed E-state index contributed by atoms with van der Waals surface area (Å²) in [5.41, 5.74) is 0.0775. The Morgan fingerprint density at radius 2 is 2.04 bits per heavy atom. The van der Waals surface area contributed by atoms with Crippen molar-refractivity contribution in [2.24, 2.45) is 0 Å². The number of rotatable bonds is 8. The number of hydrogen-bond donors (Lipinski definition) is 2. The second-order valence-electron chi connectivity index (χ2n) is 5.75. The minimum Gasteiger partial charge on any atom is -0.383 e. The number of non-ortho nitro benzene ring substituents is 1. The summed E-state index contributed by atoms with van der Waals surface area (Å²) in [6, 6.07) is 5.51. The van der Waals surface area contributed by atoms with Crippen LogP contribution in [-0.2, 0) is 20.5 Å². The molecule has 0 bridgehead atoms. The summed E-state index contributed by atoms with van der Waals surface area (Å²) in [6.07, 6.45) is 1.83. The van der Waals surface area contributed by atoms with Crippen molar-refractivity contribution in [1.29, 1.82) is 0 Å². The maximum atomic E-state index is 12.2. The Hall–Kier alpha value is -1.26. The molecule has 8 nitrogen and oxygen atoms in total. The predicted octanol–water partition coefficient (Wildman–Crippen LogP) is 1.20. The molecule has 10 heteroatoms. The van der Waals surface area contributed by atoms with E-state index < -0.39 is 14.9 Å². The Balaban J connectivity index is 0.00000288. The number of sulfonamides is 1. The number of hydrogen-bond acceptors (Lipinski definition) is 6. The third kappa shape index (κ3) is 5.67. The van der Waals surface area contributed by atoms with Crippen LogP contribution >= 0.6 is 12.4 Å². The van der Waals surface area contributed by atoms with Gasteiger partial charge in [0.1, 0.15) is 0 Å². The quantitative estimate of drug-likeness (QED) is 0.518. The van der Waals surface area contributed by atoms with Crippen LogP contribution in [0.15, 0.2) is 24.3 Å². The molecule has 1 aromatic carbocycles. The van der Waals surface area contributed by atoms with Gasteiger partial charge in [0, 0.05) is 25.8 Å². The maximum Gasteiger partial charge on any atom is 0.269 e. The monoisotopic (exact) mass is 379 g/mol. The summed E-state index contributed by atoms with van der Waals surface area (Å²) in [6.45, 7) is 1.54. The van der Waals surface area contributed by atoms with Gasteiger partial charge in [-0.3, -0.25) is 10.1 Å². The van der Waals surface area contributed by atoms with Crippen molar-refractivity contribution in [3.8, 4) is 0 Å². The van der Waals surface area contributed by atoms with E-state index in [9.17, 15) is 18.5 Å². The highest BCUT2D eigenvalue weighted by Crippen LogP contribution is 2.19. The van der Waals surface area contributed by atoms with E-state index in [-0.39, 0.29) is 35.9 Å². The van der Waals surface area contributed by atoms with E-state index in [0.29, 0.717) is 12.2 Å². The summed E-state index contributed by atoms with van der Waals surface area (Å²) < 4.78 is 32.2. The van der Waals surface area contributed by atoms with E-state index in [1.807, 2.05) is 0 Å². The SMILES string of the molecule is COCC1(CNS(=O)(=O)Cc2ccc([N+](=O)[O-])cc2)CCCN1.Cl. The summed E-state index contributed by atoms with van der Waals surface area (Å²) >= 11 is 0. The lowest BCUT2D eigenvalue weighted by Gasteiger charge is -2.28. The van der Waals surface area contributed by atoms with Gasteiger partial charge in [-0.25, -0.2) is 13.1 Å². The number of nitro groups is 1. The third-order valence-corrected chi connectivity index (χ3v) is 5.18. The first kappa shape index (κ1) is 20.8. The molecule has 0 aliphatic carbocycles. The van der Waals surface area contributed by atoms with E-state index in [0.717, 1.165) is 19.4 Å². The highest BCUT2D eigenvalue weighted by molar-refractivity contribution is 7.88. The lowest BCUT2D eigenvalue weighted by molar-refractivity contribution is -0.384. The van der Waals surface area contributed by atoms with Gasteiger partial charge in [-0.2, -0.15) is 0 Å². The molecule has 0 spiro atoms. The number of nitrogens with one attached hydrogen (secondary N) is 2. The van der Waals surface area contributed by atoms with E-state index in [4.69, 9.17) is 4.74 Å². The van der Waals surface area contributed by atoms with Gasteiger partial charge < -0.3 is 10.1 Å². The zero-order valence-electron chi connectivity index (χ0n) is 13.4. The molecule has 2 rings (SSSR count). The zero-order valence-corrected chi connectivity index (χ0v) is 15.0. The number of ether oxygens (including phenoxy) is 1. The minimum atomic E-state index is -3.53. The smallest absolute Gasteiger partial charge is 0.269 e. The Kier molecular flexibility index (Phi) is 7.56. The Morgan fingerprint density at radius 1 is 1.38 bits per heavy atom. The lowest BCUT2D eigenvalue weighted by atomic mass is 9.99. The molecule has 24 heavy (non-hydrogen) atoms. The van der Waals surface area contributed by atoms with Crippen molar-refractivity contribution in [2.45, 2.75) is 24.1 Å². The van der Waals surface area contributed by atoms with Crippen LogP contribution in [0.1, 0.15) is 18.4 Å². The molecule has 1 heterocycles. The van der Waals surface area contributed by atoms with Crippen molar-refractivity contribution in [3.63, 3.8) is 0 Å². The number of benzene rings is 1. The Bertz CT molecular complexity index is 645. The standard InChI is InChI=1S/C14H21N3O5S.ClH/c1-22-11-14(7-2-8-15-14)10-16-23(20,21)9-12-3-5-13(6-4-12)17(18)19;/h3-6,15-16H,2,7-11H2,1H3;1H. The molecule has 0 radical (unpaired) electrons. The van der Waals surface area contributed by atoms with Gasteiger partial charge in [-0.1, -0.05) is 12.1 Å². The first-order chi connectivity index (χ1) is 10.9. The van der Waals surface area contributed by atoms with Gasteiger partial charge in [0.2, 0.25) is 10.0 Å². The molecule has 1 atom stereocenters. The molecular formula is C14H22ClN3O5S. The van der Waals surface area contributed by atoms with Crippen LogP contribution in [0.25, 0.3) is 0 Å². The van der Waals surface area contributed by atoms with Gasteiger partial charge in [-0.15, -0.1) is 12.4 Å². The molecule has 1 fully saturated rings. The van der Waals surface area contributed by atoms with Crippen LogP contribution < -0.4 is 10.0 Å². The number of halogens is 1. The zero-order chi connectivity index (χ0) is 16.9. The van der Waals surface area contributed by atoms with E-state index in [1.165, 1.54) is 24.3 Å². The molecule has 0 saturated carbocycles. The molecule has 1 aromatic rings. The molecule has 1 saturated heterocycles. The Morgan fingerprint density at radius 3 is 2.54 bits per heavy atom. The fraction of sp³-hybridized carbons (Fsp3) is 0.571. The first-order valence-electron chi connectivity index (χ1n) is 7.30. The van der Waals surface area contributed by atoms with Crippen molar-refractivity contribution in [2.75, 3.05) is 26.8 Å². The fourth-order valence-corrected chi connectivity index (χ4v) is 3.93. The average molecular weight is 380 g/mol. The molecule has 0 amide bonds. The van der Waals surface area contributed by atoms with Crippen LogP contribution in [0.2, 0.25) is 0 Å². The molecule has 0 aromatic heterocycles. The highest BCUT2D eigenvalue weighted by atomic mass is 35.5. The van der Waals surface area contributed by atoms with Crippen LogP contribution in [0.3, 0.4) is 0 Å². The van der Waals surface area contributed by atoms with Crippen LogP contribution in [0, 0.1) is 10.1 Å². The molecule has 1 aliphatic heterocycles. The lowest BCUT2D eigenvalue weighted by Crippen LogP contribution is -2.53. The second-order valence-corrected chi connectivity index (χ2v) is 7.55. The van der Waals surface area contributed by atoms with E-state index >= 15 is 0 Å². The van der Waals surface area contributed by atoms with E-state index in [1.54, 1.807) is 7.11 Å². The van der Waals surface area contributed by atoms with Crippen molar-refractivity contribution in [3.05, 3.63) is 39.9 Å². The van der Waals surface area contributed by atoms with Gasteiger partial charge in [0.05, 0.1) is 22.8 Å². The molecule has 136 valence electrons. The number of nitro benzene ring substituents is 1. The largest absolute Gasteiger partial charge is 0.383 e. The molecular weight excluding hydrogens is 358 g/mol. The molecule has 2 N–H and O–H groups in total. The normalized spacial score (nSPS) is 20.5. The summed E-state index contributed by atoms with van der Waals surface area (Å²) in [5.74, 6) is -0.214. The van der Waals surface area contributed by atoms with Crippen LogP contribution in [0.5, 0.6) is 0 Å². The Labute approximate surface area is 147 Å². The summed E-state index contributed by atoms with van der Waals surface area (Å²) in [4.78, 5) is 10.1. The third-order valence-electron chi connectivity index (χ3n) is 3.89. The van der Waals surface area contributed by atoms with E-state index in [2.05, 4.69) is 10.0 Å². The minimum absolute atomic E-state index is 0. The fourth-order valence-electron chi connectivity index (χ4n) is 2.70. The first-order valence-corrected chi connectivity index (χ1v) is 8.96. The number of nitrogens with zero attached hydrogens (tertiary/aromatic N) is 1. The van der Waals surface area contributed by atoms with Crippen LogP contribution in [-0.4, -0.2) is 45.7 Å². The summed E-state index contributed by atoms with van der Waals surface area (Å²) in [7, 11) is -1.94. The predicted molar refractivity (Wildman–Crippen MR) is 92.8 cm³/mol. The van der Waals surface area contributed by atoms with Crippen molar-refractivity contribution in [1.82, 2.24) is 10.0 Å². The molecule has 1 unspecified atom stereocenters. The summed E-state index contributed by atoms with van der Waals surface area (Å²) in [5, 5.41) is 13.9. The van der Waals surface area contributed by atoms with Gasteiger partial charge in [-0.05, 0) is 24.9 Å². The molecule has 1 aliphatic rings.